The van der Waals surface area contributed by atoms with Gasteiger partial charge in [-0.15, -0.1) is 13.2 Å². The smallest absolute Gasteiger partial charge is 0.498 e. The molecule has 0 fully saturated rings. The van der Waals surface area contributed by atoms with Gasteiger partial charge in [0.2, 0.25) is 0 Å². The first-order chi connectivity index (χ1) is 9.64. The molecule has 0 aromatic carbocycles. The second-order valence-corrected chi connectivity index (χ2v) is 3.57. The van der Waals surface area contributed by atoms with Crippen LogP contribution < -0.4 is 4.74 Å². The molecule has 11 heteroatoms. The molecular weight excluding hydrogens is 301 g/mol. The molecule has 0 aliphatic rings. The van der Waals surface area contributed by atoms with Gasteiger partial charge in [0.25, 0.3) is 5.75 Å². The lowest BCUT2D eigenvalue weighted by Crippen LogP contribution is -2.18. The van der Waals surface area contributed by atoms with Crippen molar-refractivity contribution < 1.29 is 37.5 Å². The topological polar surface area (TPSA) is 112 Å². The summed E-state index contributed by atoms with van der Waals surface area (Å²) in [6, 6.07) is 0.576. The maximum atomic E-state index is 12.2. The number of halogens is 3. The number of aromatic hydroxyl groups is 1. The van der Waals surface area contributed by atoms with Crippen molar-refractivity contribution in [1.82, 2.24) is 4.98 Å². The zero-order valence-corrected chi connectivity index (χ0v) is 10.5. The number of rotatable bonds is 5. The Kier molecular flexibility index (Phi) is 4.89. The van der Waals surface area contributed by atoms with E-state index in [1.54, 1.807) is 0 Å². The molecule has 116 valence electrons. The predicted molar refractivity (Wildman–Crippen MR) is 59.6 cm³/mol. The van der Waals surface area contributed by atoms with Crippen LogP contribution in [0.3, 0.4) is 0 Å². The van der Waals surface area contributed by atoms with E-state index in [0.29, 0.717) is 6.07 Å². The van der Waals surface area contributed by atoms with E-state index in [1.807, 2.05) is 0 Å². The fourth-order valence-corrected chi connectivity index (χ4v) is 1.33. The Balaban J connectivity index is 3.21. The molecule has 1 aromatic heterocycles. The minimum Gasteiger partial charge on any atom is -0.498 e. The fraction of sp³-hybridized carbons (Fsp3) is 0.400. The molecule has 8 nitrogen and oxygen atoms in total. The van der Waals surface area contributed by atoms with Gasteiger partial charge in [0, 0.05) is 6.07 Å². The average molecular weight is 310 g/mol. The van der Waals surface area contributed by atoms with Crippen LogP contribution in [0.5, 0.6) is 11.5 Å². The number of esters is 1. The van der Waals surface area contributed by atoms with Crippen LogP contribution in [-0.2, 0) is 16.0 Å². The number of aromatic nitrogens is 1. The molecule has 0 unspecified atom stereocenters. The second-order valence-electron chi connectivity index (χ2n) is 3.57. The molecule has 1 rings (SSSR count). The van der Waals surface area contributed by atoms with Crippen LogP contribution in [0.25, 0.3) is 0 Å². The molecule has 1 N–H and O–H groups in total. The summed E-state index contributed by atoms with van der Waals surface area (Å²) in [5, 5.41) is 20.0. The van der Waals surface area contributed by atoms with Crippen molar-refractivity contribution in [2.24, 2.45) is 0 Å². The van der Waals surface area contributed by atoms with Gasteiger partial charge < -0.3 is 24.7 Å². The molecule has 1 aromatic rings. The van der Waals surface area contributed by atoms with Crippen molar-refractivity contribution >= 4 is 11.8 Å². The number of carbonyl (C=O) groups excluding carboxylic acids is 1. The molecule has 0 aliphatic carbocycles. The number of pyridine rings is 1. The number of nitrogens with zero attached hydrogens (tertiary/aromatic N) is 2. The highest BCUT2D eigenvalue weighted by Gasteiger charge is 2.35. The van der Waals surface area contributed by atoms with Gasteiger partial charge >= 0.3 is 18.1 Å². The zero-order chi connectivity index (χ0) is 16.2. The van der Waals surface area contributed by atoms with Gasteiger partial charge in [0.15, 0.2) is 11.4 Å². The van der Waals surface area contributed by atoms with Gasteiger partial charge in [0.1, 0.15) is 6.42 Å². The molecule has 0 saturated carbocycles. The summed E-state index contributed by atoms with van der Waals surface area (Å²) in [4.78, 5) is 23.9. The third-order valence-corrected chi connectivity index (χ3v) is 2.02. The van der Waals surface area contributed by atoms with Crippen LogP contribution in [-0.4, -0.2) is 34.0 Å². The number of ether oxygens (including phenoxy) is 2. The molecule has 0 spiro atoms. The number of hydrogen-bond acceptors (Lipinski definition) is 7. The highest BCUT2D eigenvalue weighted by molar-refractivity contribution is 5.72. The van der Waals surface area contributed by atoms with Crippen molar-refractivity contribution in [3.8, 4) is 11.5 Å². The largest absolute Gasteiger partial charge is 0.573 e. The van der Waals surface area contributed by atoms with Crippen molar-refractivity contribution in [3.63, 3.8) is 0 Å². The summed E-state index contributed by atoms with van der Waals surface area (Å²) >= 11 is 0. The van der Waals surface area contributed by atoms with Crippen LogP contribution >= 0.6 is 0 Å². The first-order valence-electron chi connectivity index (χ1n) is 5.42. The molecule has 21 heavy (non-hydrogen) atoms. The van der Waals surface area contributed by atoms with Crippen molar-refractivity contribution in [2.75, 3.05) is 6.61 Å². The average Bonchev–Trinajstić information content (AvgIpc) is 2.31. The molecule has 0 saturated heterocycles. The van der Waals surface area contributed by atoms with E-state index in [4.69, 9.17) is 0 Å². The lowest BCUT2D eigenvalue weighted by molar-refractivity contribution is -0.390. The third kappa shape index (κ3) is 4.78. The number of carbonyl (C=O) groups is 1. The lowest BCUT2D eigenvalue weighted by Gasteiger charge is -2.10. The highest BCUT2D eigenvalue weighted by Crippen LogP contribution is 2.37. The second kappa shape index (κ2) is 6.24. The van der Waals surface area contributed by atoms with E-state index in [2.05, 4.69) is 14.5 Å². The molecule has 0 atom stereocenters. The van der Waals surface area contributed by atoms with Gasteiger partial charge in [-0.1, -0.05) is 0 Å². The number of alkyl halides is 3. The molecular formula is C10H9F3N2O6. The van der Waals surface area contributed by atoms with E-state index >= 15 is 0 Å². The molecule has 0 aliphatic heterocycles. The minimum absolute atomic E-state index is 0.0188. The third-order valence-electron chi connectivity index (χ3n) is 2.02. The summed E-state index contributed by atoms with van der Waals surface area (Å²) in [6.07, 6.45) is -5.78. The summed E-state index contributed by atoms with van der Waals surface area (Å²) in [6.45, 7) is 1.52. The Hall–Kier alpha value is -2.59. The van der Waals surface area contributed by atoms with E-state index < -0.39 is 46.7 Å². The molecule has 1 heterocycles. The van der Waals surface area contributed by atoms with Crippen LogP contribution in [0.15, 0.2) is 6.07 Å². The minimum atomic E-state index is -5.17. The standard InChI is InChI=1S/C10H9F3N2O6/c1-2-20-7(16)4-5-3-6(21-10(11,12)13)8(17)9(14-5)15(18)19/h3,17H,2,4H2,1H3. The fourth-order valence-electron chi connectivity index (χ4n) is 1.33. The van der Waals surface area contributed by atoms with E-state index in [-0.39, 0.29) is 6.61 Å². The highest BCUT2D eigenvalue weighted by atomic mass is 19.4. The normalized spacial score (nSPS) is 11.0. The first-order valence-corrected chi connectivity index (χ1v) is 5.42. The number of nitro groups is 1. The monoisotopic (exact) mass is 310 g/mol. The van der Waals surface area contributed by atoms with E-state index in [0.717, 1.165) is 0 Å². The van der Waals surface area contributed by atoms with Crippen LogP contribution in [0.2, 0.25) is 0 Å². The van der Waals surface area contributed by atoms with Crippen LogP contribution in [0, 0.1) is 10.1 Å². The molecule has 0 amide bonds. The van der Waals surface area contributed by atoms with Crippen LogP contribution in [0.4, 0.5) is 19.0 Å². The predicted octanol–water partition coefficient (Wildman–Crippen LogP) is 1.70. The van der Waals surface area contributed by atoms with Crippen molar-refractivity contribution in [2.45, 2.75) is 19.7 Å². The van der Waals surface area contributed by atoms with Gasteiger partial charge in [-0.3, -0.25) is 4.79 Å². The Morgan fingerprint density at radius 1 is 1.52 bits per heavy atom. The number of hydrogen-bond donors (Lipinski definition) is 1. The Morgan fingerprint density at radius 2 is 2.14 bits per heavy atom. The van der Waals surface area contributed by atoms with E-state index in [9.17, 15) is 33.2 Å². The van der Waals surface area contributed by atoms with Gasteiger partial charge in [0.05, 0.1) is 6.61 Å². The van der Waals surface area contributed by atoms with Gasteiger partial charge in [-0.2, -0.15) is 0 Å². The maximum Gasteiger partial charge on any atom is 0.573 e. The van der Waals surface area contributed by atoms with Crippen molar-refractivity contribution in [1.29, 1.82) is 0 Å². The summed E-state index contributed by atoms with van der Waals surface area (Å²) in [7, 11) is 0. The Bertz CT molecular complexity index is 560. The Labute approximate surface area is 115 Å². The van der Waals surface area contributed by atoms with E-state index in [1.165, 1.54) is 6.92 Å². The zero-order valence-electron chi connectivity index (χ0n) is 10.5. The van der Waals surface area contributed by atoms with Crippen LogP contribution in [0.1, 0.15) is 12.6 Å². The quantitative estimate of drug-likeness (QED) is 0.500. The van der Waals surface area contributed by atoms with Gasteiger partial charge in [-0.25, -0.2) is 0 Å². The Morgan fingerprint density at radius 3 is 2.62 bits per heavy atom. The summed E-state index contributed by atoms with van der Waals surface area (Å²) < 4.78 is 44.5. The van der Waals surface area contributed by atoms with Gasteiger partial charge in [-0.05, 0) is 16.8 Å². The first kappa shape index (κ1) is 16.5. The SMILES string of the molecule is CCOC(=O)Cc1cc(OC(F)(F)F)c(O)c([N+](=O)[O-])n1. The maximum absolute atomic E-state index is 12.2. The lowest BCUT2D eigenvalue weighted by atomic mass is 10.2. The summed E-state index contributed by atoms with van der Waals surface area (Å²) in [5.41, 5.74) is -0.405. The molecule has 0 bridgehead atoms. The van der Waals surface area contributed by atoms with Crippen molar-refractivity contribution in [3.05, 3.63) is 21.9 Å². The summed E-state index contributed by atoms with van der Waals surface area (Å²) in [5.74, 6) is -4.70. The molecule has 0 radical (unpaired) electrons.